The smallest absolute Gasteiger partial charge is 0.489 e. The number of hydrogen-bond acceptors (Lipinski definition) is 5. The number of ketones is 1. The lowest BCUT2D eigenvalue weighted by Gasteiger charge is -2.25. The molecule has 0 bridgehead atoms. The van der Waals surface area contributed by atoms with Gasteiger partial charge >= 0.3 is 6.36 Å². The van der Waals surface area contributed by atoms with Crippen LogP contribution in [0.15, 0.2) is 65.4 Å². The summed E-state index contributed by atoms with van der Waals surface area (Å²) < 4.78 is 54.7. The molecule has 1 aromatic heterocycles. The molecule has 1 aliphatic carbocycles. The molecule has 0 unspecified atom stereocenters. The Bertz CT molecular complexity index is 1230. The standard InChI is InChI=1S/C28H28F3NO4/c1-18(33)15-23(25-12-14-35-32-25)20-7-9-21(10-8-20)34-17-19-6-11-22(24-5-4-13-27(24,2)3)26(16-19)36-28(29,30)31/h5-12,14,16,23H,4,13,15,17H2,1-3H3/t23-/m0/s1. The van der Waals surface area contributed by atoms with Crippen molar-refractivity contribution in [3.05, 3.63) is 83.3 Å². The van der Waals surface area contributed by atoms with E-state index in [2.05, 4.69) is 9.89 Å². The van der Waals surface area contributed by atoms with Crippen molar-refractivity contribution in [1.29, 1.82) is 0 Å². The Kier molecular flexibility index (Phi) is 7.24. The van der Waals surface area contributed by atoms with E-state index in [0.29, 0.717) is 22.6 Å². The van der Waals surface area contributed by atoms with Gasteiger partial charge in [0.1, 0.15) is 30.2 Å². The largest absolute Gasteiger partial charge is 0.573 e. The number of ether oxygens (including phenoxy) is 2. The number of rotatable bonds is 9. The molecule has 0 saturated heterocycles. The van der Waals surface area contributed by atoms with Crippen LogP contribution in [0.3, 0.4) is 0 Å². The molecule has 36 heavy (non-hydrogen) atoms. The second kappa shape index (κ2) is 10.2. The lowest BCUT2D eigenvalue weighted by Crippen LogP contribution is -2.19. The van der Waals surface area contributed by atoms with Crippen LogP contribution in [0.5, 0.6) is 11.5 Å². The molecule has 1 aliphatic rings. The zero-order chi connectivity index (χ0) is 25.9. The molecule has 1 heterocycles. The van der Waals surface area contributed by atoms with Gasteiger partial charge in [0, 0.05) is 24.0 Å². The first-order valence-electron chi connectivity index (χ1n) is 11.7. The molecule has 0 aliphatic heterocycles. The van der Waals surface area contributed by atoms with E-state index in [0.717, 1.165) is 24.0 Å². The minimum Gasteiger partial charge on any atom is -0.489 e. The van der Waals surface area contributed by atoms with E-state index < -0.39 is 6.36 Å². The first-order valence-corrected chi connectivity index (χ1v) is 11.7. The second-order valence-corrected chi connectivity index (χ2v) is 9.66. The SMILES string of the molecule is CC(=O)C[C@@H](c1ccc(OCc2ccc(C3=CCCC3(C)C)c(OC(F)(F)F)c2)cc1)c1ccon1. The highest BCUT2D eigenvalue weighted by Crippen LogP contribution is 2.47. The number of benzene rings is 2. The maximum atomic E-state index is 13.2. The van der Waals surface area contributed by atoms with Gasteiger partial charge in [0.15, 0.2) is 0 Å². The predicted octanol–water partition coefficient (Wildman–Crippen LogP) is 7.47. The third-order valence-electron chi connectivity index (χ3n) is 6.40. The Labute approximate surface area is 207 Å². The Morgan fingerprint density at radius 2 is 1.89 bits per heavy atom. The Hall–Kier alpha value is -3.55. The summed E-state index contributed by atoms with van der Waals surface area (Å²) in [6.07, 6.45) is 0.625. The van der Waals surface area contributed by atoms with Gasteiger partial charge in [-0.3, -0.25) is 4.79 Å². The molecule has 0 radical (unpaired) electrons. The minimum absolute atomic E-state index is 0.0282. The number of allylic oxidation sites excluding steroid dienone is 2. The fourth-order valence-corrected chi connectivity index (χ4v) is 4.60. The summed E-state index contributed by atoms with van der Waals surface area (Å²) in [5.74, 6) is 0.113. The Balaban J connectivity index is 1.51. The van der Waals surface area contributed by atoms with Crippen molar-refractivity contribution in [1.82, 2.24) is 5.16 Å². The van der Waals surface area contributed by atoms with E-state index >= 15 is 0 Å². The zero-order valence-corrected chi connectivity index (χ0v) is 20.4. The molecule has 0 N–H and O–H groups in total. The fraction of sp³-hybridized carbons (Fsp3) is 0.357. The van der Waals surface area contributed by atoms with Gasteiger partial charge in [-0.15, -0.1) is 13.2 Å². The quantitative estimate of drug-likeness (QED) is 0.306. The van der Waals surface area contributed by atoms with Gasteiger partial charge in [0.2, 0.25) is 0 Å². The van der Waals surface area contributed by atoms with Gasteiger partial charge in [-0.05, 0) is 60.1 Å². The van der Waals surface area contributed by atoms with Crippen LogP contribution in [0, 0.1) is 5.41 Å². The summed E-state index contributed by atoms with van der Waals surface area (Å²) >= 11 is 0. The number of hydrogen-bond donors (Lipinski definition) is 0. The number of carbonyl (C=O) groups excluding carboxylic acids is 1. The maximum absolute atomic E-state index is 13.2. The molecule has 0 spiro atoms. The first kappa shape index (κ1) is 25.5. The van der Waals surface area contributed by atoms with Crippen molar-refractivity contribution in [3.63, 3.8) is 0 Å². The average molecular weight is 500 g/mol. The summed E-state index contributed by atoms with van der Waals surface area (Å²) in [6.45, 7) is 5.63. The molecule has 1 atom stereocenters. The van der Waals surface area contributed by atoms with Crippen LogP contribution in [-0.2, 0) is 11.4 Å². The molecule has 190 valence electrons. The van der Waals surface area contributed by atoms with Crippen LogP contribution in [0.25, 0.3) is 5.57 Å². The number of halogens is 3. The molecular weight excluding hydrogens is 471 g/mol. The van der Waals surface area contributed by atoms with Crippen LogP contribution in [0.2, 0.25) is 0 Å². The second-order valence-electron chi connectivity index (χ2n) is 9.66. The summed E-state index contributed by atoms with van der Waals surface area (Å²) in [4.78, 5) is 11.7. The molecule has 5 nitrogen and oxygen atoms in total. The fourth-order valence-electron chi connectivity index (χ4n) is 4.60. The van der Waals surface area contributed by atoms with Gasteiger partial charge in [-0.25, -0.2) is 0 Å². The van der Waals surface area contributed by atoms with Crippen molar-refractivity contribution in [2.45, 2.75) is 58.9 Å². The highest BCUT2D eigenvalue weighted by molar-refractivity contribution is 5.77. The number of nitrogens with zero attached hydrogens (tertiary/aromatic N) is 1. The normalized spacial score (nSPS) is 15.9. The van der Waals surface area contributed by atoms with E-state index in [1.807, 2.05) is 32.1 Å². The van der Waals surface area contributed by atoms with E-state index in [1.54, 1.807) is 30.3 Å². The van der Waals surface area contributed by atoms with Crippen molar-refractivity contribution >= 4 is 11.4 Å². The first-order chi connectivity index (χ1) is 17.0. The highest BCUT2D eigenvalue weighted by atomic mass is 19.4. The van der Waals surface area contributed by atoms with Crippen molar-refractivity contribution in [3.8, 4) is 11.5 Å². The zero-order valence-electron chi connectivity index (χ0n) is 20.4. The molecule has 4 rings (SSSR count). The van der Waals surface area contributed by atoms with Crippen LogP contribution in [0.4, 0.5) is 13.2 Å². The van der Waals surface area contributed by atoms with Crippen molar-refractivity contribution in [2.75, 3.05) is 0 Å². The topological polar surface area (TPSA) is 61.6 Å². The summed E-state index contributed by atoms with van der Waals surface area (Å²) in [5.41, 5.74) is 3.18. The highest BCUT2D eigenvalue weighted by Gasteiger charge is 2.35. The number of carbonyl (C=O) groups is 1. The van der Waals surface area contributed by atoms with Gasteiger partial charge in [0.25, 0.3) is 0 Å². The molecule has 0 saturated carbocycles. The lowest BCUT2D eigenvalue weighted by atomic mass is 9.81. The summed E-state index contributed by atoms with van der Waals surface area (Å²) in [5, 5.41) is 3.97. The van der Waals surface area contributed by atoms with E-state index in [9.17, 15) is 18.0 Å². The summed E-state index contributed by atoms with van der Waals surface area (Å²) in [7, 11) is 0. The molecule has 2 aromatic carbocycles. The third-order valence-corrected chi connectivity index (χ3v) is 6.40. The van der Waals surface area contributed by atoms with Crippen molar-refractivity contribution < 1.29 is 32.0 Å². The van der Waals surface area contributed by atoms with Crippen molar-refractivity contribution in [2.24, 2.45) is 5.41 Å². The van der Waals surface area contributed by atoms with Crippen LogP contribution in [0.1, 0.15) is 68.3 Å². The van der Waals surface area contributed by atoms with Gasteiger partial charge in [-0.2, -0.15) is 0 Å². The monoisotopic (exact) mass is 499 g/mol. The van der Waals surface area contributed by atoms with E-state index in [1.165, 1.54) is 19.3 Å². The molecule has 0 amide bonds. The minimum atomic E-state index is -4.80. The van der Waals surface area contributed by atoms with Crippen LogP contribution < -0.4 is 9.47 Å². The lowest BCUT2D eigenvalue weighted by molar-refractivity contribution is -0.274. The van der Waals surface area contributed by atoms with Crippen LogP contribution in [-0.4, -0.2) is 17.3 Å². The van der Waals surface area contributed by atoms with E-state index in [-0.39, 0.29) is 35.9 Å². The molecule has 0 fully saturated rings. The number of aromatic nitrogens is 1. The molecular formula is C28H28F3NO4. The average Bonchev–Trinajstić information content (AvgIpc) is 3.45. The van der Waals surface area contributed by atoms with Gasteiger partial charge in [0.05, 0.1) is 5.69 Å². The van der Waals surface area contributed by atoms with Gasteiger partial charge < -0.3 is 14.0 Å². The Morgan fingerprint density at radius 1 is 1.14 bits per heavy atom. The summed E-state index contributed by atoms with van der Waals surface area (Å²) in [6, 6.07) is 13.7. The predicted molar refractivity (Wildman–Crippen MR) is 129 cm³/mol. The van der Waals surface area contributed by atoms with Gasteiger partial charge in [-0.1, -0.05) is 49.3 Å². The third kappa shape index (κ3) is 6.17. The number of alkyl halides is 3. The molecule has 8 heteroatoms. The molecule has 3 aromatic rings. The Morgan fingerprint density at radius 3 is 2.47 bits per heavy atom. The van der Waals surface area contributed by atoms with Crippen LogP contribution >= 0.6 is 0 Å². The maximum Gasteiger partial charge on any atom is 0.573 e. The van der Waals surface area contributed by atoms with E-state index in [4.69, 9.17) is 9.26 Å². The number of Topliss-reactive ketones (excluding diaryl/α,β-unsaturated/α-hetero) is 1.